The summed E-state index contributed by atoms with van der Waals surface area (Å²) in [4.78, 5) is 25.2. The number of halogens is 1. The molecule has 30 heavy (non-hydrogen) atoms. The molecule has 0 radical (unpaired) electrons. The van der Waals surface area contributed by atoms with E-state index in [1.807, 2.05) is 11.6 Å². The fraction of sp³-hybridized carbons (Fsp3) is 0.130. The highest BCUT2D eigenvalue weighted by Crippen LogP contribution is 2.32. The number of carbonyl (C=O) groups is 2. The second-order valence-corrected chi connectivity index (χ2v) is 7.07. The first-order chi connectivity index (χ1) is 14.4. The van der Waals surface area contributed by atoms with Crippen LogP contribution in [0.3, 0.4) is 0 Å². The maximum absolute atomic E-state index is 13.9. The number of likely N-dealkylation sites (N-methyl/N-ethyl adjacent to an activating group) is 1. The number of furan rings is 1. The van der Waals surface area contributed by atoms with Crippen molar-refractivity contribution >= 4 is 45.8 Å². The third-order valence-corrected chi connectivity index (χ3v) is 5.10. The summed E-state index contributed by atoms with van der Waals surface area (Å²) in [6.45, 7) is -0.136. The molecule has 6 nitrogen and oxygen atoms in total. The molecule has 0 aliphatic carbocycles. The van der Waals surface area contributed by atoms with Crippen molar-refractivity contribution in [2.24, 2.45) is 7.05 Å². The van der Waals surface area contributed by atoms with Crippen LogP contribution in [0.25, 0.3) is 33.5 Å². The molecule has 0 unspecified atom stereocenters. The Labute approximate surface area is 171 Å². The van der Waals surface area contributed by atoms with Crippen LogP contribution in [0.4, 0.5) is 4.39 Å². The number of carbonyl (C=O) groups excluding carboxylic acids is 2. The van der Waals surface area contributed by atoms with Gasteiger partial charge in [-0.2, -0.15) is 0 Å². The summed E-state index contributed by atoms with van der Waals surface area (Å²) in [5.41, 5.74) is 3.36. The van der Waals surface area contributed by atoms with E-state index in [0.717, 1.165) is 10.4 Å². The number of aromatic nitrogens is 1. The molecule has 0 aliphatic rings. The molecule has 2 aromatic carbocycles. The van der Waals surface area contributed by atoms with Gasteiger partial charge < -0.3 is 14.1 Å². The van der Waals surface area contributed by atoms with Crippen LogP contribution in [-0.4, -0.2) is 33.9 Å². The van der Waals surface area contributed by atoms with Crippen LogP contribution in [-0.2, 0) is 23.2 Å². The van der Waals surface area contributed by atoms with Gasteiger partial charge in [0.25, 0.3) is 5.91 Å². The number of rotatable bonds is 5. The molecule has 7 heteroatoms. The van der Waals surface area contributed by atoms with E-state index in [1.165, 1.54) is 25.4 Å². The van der Waals surface area contributed by atoms with Crippen molar-refractivity contribution in [2.75, 3.05) is 7.05 Å². The Kier molecular flexibility index (Phi) is 4.97. The van der Waals surface area contributed by atoms with E-state index >= 15 is 0 Å². The molecule has 4 rings (SSSR count). The quantitative estimate of drug-likeness (QED) is 0.405. The fourth-order valence-electron chi connectivity index (χ4n) is 3.54. The Hall–Kier alpha value is -3.71. The van der Waals surface area contributed by atoms with E-state index in [0.29, 0.717) is 39.5 Å². The number of hydrogen-bond donors (Lipinski definition) is 1. The minimum Gasteiger partial charge on any atom is -0.464 e. The number of hydrogen-bond acceptors (Lipinski definition) is 4. The zero-order valence-corrected chi connectivity index (χ0v) is 16.4. The van der Waals surface area contributed by atoms with Crippen LogP contribution >= 0.6 is 0 Å². The van der Waals surface area contributed by atoms with Crippen molar-refractivity contribution in [3.05, 3.63) is 71.4 Å². The number of amides is 2. The molecule has 1 N–H and O–H groups in total. The van der Waals surface area contributed by atoms with E-state index in [2.05, 4.69) is 0 Å². The molecule has 2 heterocycles. The Morgan fingerprint density at radius 3 is 2.77 bits per heavy atom. The number of fused-ring (bicyclic) bond motifs is 2. The fourth-order valence-corrected chi connectivity index (χ4v) is 3.54. The molecule has 0 spiro atoms. The Balaban J connectivity index is 1.96. The van der Waals surface area contributed by atoms with Gasteiger partial charge in [-0.3, -0.25) is 14.5 Å². The summed E-state index contributed by atoms with van der Waals surface area (Å²) in [7, 11) is 3.21. The third kappa shape index (κ3) is 3.29. The van der Waals surface area contributed by atoms with E-state index in [-0.39, 0.29) is 18.0 Å². The maximum Gasteiger partial charge on any atom is 0.260 e. The van der Waals surface area contributed by atoms with Crippen molar-refractivity contribution in [3.8, 4) is 0 Å². The molecule has 0 saturated carbocycles. The molecule has 4 aromatic rings. The van der Waals surface area contributed by atoms with Gasteiger partial charge in [0.15, 0.2) is 0 Å². The highest BCUT2D eigenvalue weighted by Gasteiger charge is 2.21. The van der Waals surface area contributed by atoms with Crippen LogP contribution in [0.2, 0.25) is 0 Å². The van der Waals surface area contributed by atoms with E-state index < -0.39 is 5.91 Å². The third-order valence-electron chi connectivity index (χ3n) is 5.10. The van der Waals surface area contributed by atoms with Gasteiger partial charge in [0.2, 0.25) is 6.41 Å². The summed E-state index contributed by atoms with van der Waals surface area (Å²) in [6, 6.07) is 9.64. The Bertz CT molecular complexity index is 1320. The molecule has 0 aliphatic heterocycles. The first-order valence-electron chi connectivity index (χ1n) is 9.23. The summed E-state index contributed by atoms with van der Waals surface area (Å²) in [6.07, 6.45) is 5.31. The first-order valence-corrected chi connectivity index (χ1v) is 9.23. The zero-order valence-electron chi connectivity index (χ0n) is 16.4. The second kappa shape index (κ2) is 7.61. The predicted octanol–water partition coefficient (Wildman–Crippen LogP) is 3.71. The lowest BCUT2D eigenvalue weighted by Gasteiger charge is -2.12. The van der Waals surface area contributed by atoms with Crippen molar-refractivity contribution in [3.63, 3.8) is 0 Å². The number of aliphatic hydroxyl groups is 1. The van der Waals surface area contributed by atoms with Crippen LogP contribution in [0.1, 0.15) is 16.7 Å². The van der Waals surface area contributed by atoms with Crippen LogP contribution < -0.4 is 0 Å². The molecule has 0 saturated heterocycles. The molecule has 0 atom stereocenters. The van der Waals surface area contributed by atoms with Gasteiger partial charge in [-0.05, 0) is 35.9 Å². The van der Waals surface area contributed by atoms with Gasteiger partial charge >= 0.3 is 0 Å². The van der Waals surface area contributed by atoms with Gasteiger partial charge in [0.1, 0.15) is 11.4 Å². The van der Waals surface area contributed by atoms with Gasteiger partial charge in [0.05, 0.1) is 18.4 Å². The SMILES string of the molecule is CN(C=O)C(=O)/C(=C/c1cn(C)c2ccc(F)cc12)c1coc2cc(CO)ccc12. The lowest BCUT2D eigenvalue weighted by atomic mass is 10.00. The van der Waals surface area contributed by atoms with Crippen molar-refractivity contribution in [1.29, 1.82) is 0 Å². The average Bonchev–Trinajstić information content (AvgIpc) is 3.30. The van der Waals surface area contributed by atoms with E-state index in [4.69, 9.17) is 4.42 Å². The zero-order chi connectivity index (χ0) is 21.4. The smallest absolute Gasteiger partial charge is 0.260 e. The number of nitrogens with zero attached hydrogens (tertiary/aromatic N) is 2. The van der Waals surface area contributed by atoms with Gasteiger partial charge in [0, 0.05) is 47.7 Å². The number of aliphatic hydroxyl groups excluding tert-OH is 1. The van der Waals surface area contributed by atoms with Gasteiger partial charge in [-0.15, -0.1) is 0 Å². The highest BCUT2D eigenvalue weighted by molar-refractivity contribution is 6.29. The summed E-state index contributed by atoms with van der Waals surface area (Å²) in [5.74, 6) is -0.904. The largest absolute Gasteiger partial charge is 0.464 e. The first kappa shape index (κ1) is 19.6. The topological polar surface area (TPSA) is 75.7 Å². The number of aryl methyl sites for hydroxylation is 1. The number of benzene rings is 2. The van der Waals surface area contributed by atoms with Crippen LogP contribution in [0.5, 0.6) is 0 Å². The highest BCUT2D eigenvalue weighted by atomic mass is 19.1. The molecule has 0 bridgehead atoms. The Morgan fingerprint density at radius 1 is 1.23 bits per heavy atom. The molecular weight excluding hydrogens is 387 g/mol. The predicted molar refractivity (Wildman–Crippen MR) is 112 cm³/mol. The van der Waals surface area contributed by atoms with E-state index in [9.17, 15) is 19.1 Å². The Morgan fingerprint density at radius 2 is 2.03 bits per heavy atom. The minimum absolute atomic E-state index is 0.136. The van der Waals surface area contributed by atoms with Crippen molar-refractivity contribution in [2.45, 2.75) is 6.61 Å². The van der Waals surface area contributed by atoms with Crippen LogP contribution in [0, 0.1) is 5.82 Å². The maximum atomic E-state index is 13.9. The van der Waals surface area contributed by atoms with E-state index in [1.54, 1.807) is 36.5 Å². The molecular formula is C23H19FN2O4. The molecule has 0 fully saturated rings. The van der Waals surface area contributed by atoms with Gasteiger partial charge in [-0.1, -0.05) is 12.1 Å². The molecule has 2 aromatic heterocycles. The van der Waals surface area contributed by atoms with Crippen molar-refractivity contribution in [1.82, 2.24) is 9.47 Å². The summed E-state index contributed by atoms with van der Waals surface area (Å²) < 4.78 is 21.3. The lowest BCUT2D eigenvalue weighted by molar-refractivity contribution is -0.132. The molecule has 2 amide bonds. The van der Waals surface area contributed by atoms with Crippen molar-refractivity contribution < 1.29 is 23.5 Å². The normalized spacial score (nSPS) is 11.9. The monoisotopic (exact) mass is 406 g/mol. The molecule has 152 valence electrons. The minimum atomic E-state index is -0.521. The number of imide groups is 1. The van der Waals surface area contributed by atoms with Crippen LogP contribution in [0.15, 0.2) is 53.3 Å². The van der Waals surface area contributed by atoms with Gasteiger partial charge in [-0.25, -0.2) is 4.39 Å². The second-order valence-electron chi connectivity index (χ2n) is 7.07. The summed E-state index contributed by atoms with van der Waals surface area (Å²) in [5, 5.41) is 10.7. The summed E-state index contributed by atoms with van der Waals surface area (Å²) >= 11 is 0. The lowest BCUT2D eigenvalue weighted by Crippen LogP contribution is -2.25. The standard InChI is InChI=1S/C23H19FN2O4/c1-25-10-15(18-9-16(24)4-6-21(18)25)8-19(23(29)26(2)13-28)20-12-30-22-7-14(11-27)3-5-17(20)22/h3-10,12-13,27H,11H2,1-2H3/b19-8+. The average molecular weight is 406 g/mol.